The number of nitrogens with two attached hydrogens (primary N) is 1. The minimum atomic E-state index is 0.602. The first kappa shape index (κ1) is 13.8. The van der Waals surface area contributed by atoms with E-state index in [2.05, 4.69) is 31.1 Å². The van der Waals surface area contributed by atoms with Crippen LogP contribution in [0.3, 0.4) is 0 Å². The lowest BCUT2D eigenvalue weighted by Gasteiger charge is -2.11. The van der Waals surface area contributed by atoms with Crippen LogP contribution in [0.4, 0.5) is 0 Å². The molecule has 0 spiro atoms. The van der Waals surface area contributed by atoms with Crippen LogP contribution in [0.5, 0.6) is 0 Å². The molecule has 0 amide bonds. The van der Waals surface area contributed by atoms with Crippen molar-refractivity contribution in [2.24, 2.45) is 5.73 Å². The zero-order valence-corrected chi connectivity index (χ0v) is 12.7. The Morgan fingerprint density at radius 1 is 1.14 bits per heavy atom. The maximum atomic E-state index is 5.77. The molecule has 2 N–H and O–H groups in total. The maximum Gasteiger partial charge on any atom is 0.157 e. The Labute approximate surface area is 124 Å². The zero-order valence-electron chi connectivity index (χ0n) is 12.7. The lowest BCUT2D eigenvalue weighted by atomic mass is 10.1. The molecule has 2 heterocycles. The molecule has 0 saturated carbocycles. The Morgan fingerprint density at radius 3 is 2.57 bits per heavy atom. The molecule has 0 aliphatic carbocycles. The lowest BCUT2D eigenvalue weighted by Crippen LogP contribution is -2.11. The number of fused-ring (bicyclic) bond motifs is 1. The van der Waals surface area contributed by atoms with Crippen molar-refractivity contribution in [1.82, 2.24) is 14.8 Å². The summed E-state index contributed by atoms with van der Waals surface area (Å²) in [7, 11) is 0. The van der Waals surface area contributed by atoms with Gasteiger partial charge < -0.3 is 5.73 Å². The number of aromatic nitrogens is 3. The number of para-hydroxylation sites is 1. The van der Waals surface area contributed by atoms with E-state index in [1.165, 1.54) is 5.56 Å². The molecule has 0 radical (unpaired) electrons. The van der Waals surface area contributed by atoms with Crippen molar-refractivity contribution in [1.29, 1.82) is 0 Å². The van der Waals surface area contributed by atoms with E-state index < -0.39 is 0 Å². The second-order valence-electron chi connectivity index (χ2n) is 5.41. The average molecular weight is 280 g/mol. The van der Waals surface area contributed by atoms with E-state index in [1.54, 1.807) is 0 Å². The molecule has 0 unspecified atom stereocenters. The molecule has 0 aliphatic rings. The van der Waals surface area contributed by atoms with E-state index in [0.717, 1.165) is 40.1 Å². The zero-order chi connectivity index (χ0) is 15.0. The van der Waals surface area contributed by atoms with Crippen molar-refractivity contribution in [2.75, 3.05) is 6.54 Å². The Kier molecular flexibility index (Phi) is 3.47. The summed E-state index contributed by atoms with van der Waals surface area (Å²) in [5.74, 6) is 0.896. The number of rotatable bonds is 3. The predicted molar refractivity (Wildman–Crippen MR) is 85.8 cm³/mol. The Morgan fingerprint density at radius 2 is 1.90 bits per heavy atom. The van der Waals surface area contributed by atoms with Crippen LogP contribution in [0, 0.1) is 20.8 Å². The first-order valence-electron chi connectivity index (χ1n) is 7.23. The molecule has 108 valence electrons. The fourth-order valence-electron chi connectivity index (χ4n) is 2.60. The standard InChI is InChI=1S/C17H20N4/c1-11-12(2)20-21(13(11)3)17-15(8-9-18)10-14-6-4-5-7-16(14)19-17/h4-7,10H,8-9,18H2,1-3H3. The van der Waals surface area contributed by atoms with Gasteiger partial charge in [-0.15, -0.1) is 0 Å². The smallest absolute Gasteiger partial charge is 0.157 e. The van der Waals surface area contributed by atoms with Crippen LogP contribution in [-0.4, -0.2) is 21.3 Å². The molecular weight excluding hydrogens is 260 g/mol. The highest BCUT2D eigenvalue weighted by molar-refractivity contribution is 5.80. The third kappa shape index (κ3) is 2.32. The van der Waals surface area contributed by atoms with E-state index in [4.69, 9.17) is 10.7 Å². The molecule has 4 heteroatoms. The van der Waals surface area contributed by atoms with Crippen LogP contribution in [0.15, 0.2) is 30.3 Å². The van der Waals surface area contributed by atoms with Gasteiger partial charge in [-0.25, -0.2) is 9.67 Å². The average Bonchev–Trinajstić information content (AvgIpc) is 2.74. The highest BCUT2D eigenvalue weighted by Crippen LogP contribution is 2.23. The molecule has 3 aromatic rings. The predicted octanol–water partition coefficient (Wildman–Crippen LogP) is 2.85. The Bertz CT molecular complexity index is 802. The van der Waals surface area contributed by atoms with Crippen molar-refractivity contribution >= 4 is 10.9 Å². The van der Waals surface area contributed by atoms with Gasteiger partial charge in [-0.3, -0.25) is 0 Å². The second kappa shape index (κ2) is 5.30. The molecule has 0 atom stereocenters. The van der Waals surface area contributed by atoms with Crippen LogP contribution >= 0.6 is 0 Å². The fourth-order valence-corrected chi connectivity index (χ4v) is 2.60. The first-order valence-corrected chi connectivity index (χ1v) is 7.23. The van der Waals surface area contributed by atoms with Crippen molar-refractivity contribution in [3.05, 3.63) is 52.8 Å². The number of hydrogen-bond acceptors (Lipinski definition) is 3. The van der Waals surface area contributed by atoms with Crippen LogP contribution < -0.4 is 5.73 Å². The van der Waals surface area contributed by atoms with Crippen molar-refractivity contribution in [2.45, 2.75) is 27.2 Å². The van der Waals surface area contributed by atoms with Crippen LogP contribution in [-0.2, 0) is 6.42 Å². The molecule has 1 aromatic carbocycles. The third-order valence-electron chi connectivity index (χ3n) is 4.05. The van der Waals surface area contributed by atoms with Crippen LogP contribution in [0.1, 0.15) is 22.5 Å². The number of hydrogen-bond donors (Lipinski definition) is 1. The van der Waals surface area contributed by atoms with Gasteiger partial charge in [0, 0.05) is 11.1 Å². The van der Waals surface area contributed by atoms with Crippen LogP contribution in [0.25, 0.3) is 16.7 Å². The van der Waals surface area contributed by atoms with Gasteiger partial charge in [0.25, 0.3) is 0 Å². The largest absolute Gasteiger partial charge is 0.330 e. The number of pyridine rings is 1. The van der Waals surface area contributed by atoms with Crippen molar-refractivity contribution in [3.63, 3.8) is 0 Å². The minimum Gasteiger partial charge on any atom is -0.330 e. The summed E-state index contributed by atoms with van der Waals surface area (Å²) in [4.78, 5) is 4.82. The highest BCUT2D eigenvalue weighted by Gasteiger charge is 2.14. The summed E-state index contributed by atoms with van der Waals surface area (Å²) >= 11 is 0. The van der Waals surface area contributed by atoms with E-state index in [-0.39, 0.29) is 0 Å². The maximum absolute atomic E-state index is 5.77. The summed E-state index contributed by atoms with van der Waals surface area (Å²) in [5.41, 5.74) is 11.3. The van der Waals surface area contributed by atoms with E-state index >= 15 is 0 Å². The quantitative estimate of drug-likeness (QED) is 0.802. The molecule has 0 bridgehead atoms. The van der Waals surface area contributed by atoms with E-state index in [0.29, 0.717) is 6.54 Å². The molecular formula is C17H20N4. The van der Waals surface area contributed by atoms with Gasteiger partial charge in [-0.2, -0.15) is 5.10 Å². The third-order valence-corrected chi connectivity index (χ3v) is 4.05. The molecule has 4 nitrogen and oxygen atoms in total. The summed E-state index contributed by atoms with van der Waals surface area (Å²) < 4.78 is 1.95. The van der Waals surface area contributed by atoms with Gasteiger partial charge in [-0.1, -0.05) is 18.2 Å². The minimum absolute atomic E-state index is 0.602. The second-order valence-corrected chi connectivity index (χ2v) is 5.41. The number of nitrogens with zero attached hydrogens (tertiary/aromatic N) is 3. The summed E-state index contributed by atoms with van der Waals surface area (Å²) in [6.07, 6.45) is 0.796. The van der Waals surface area contributed by atoms with E-state index in [9.17, 15) is 0 Å². The Balaban J connectivity index is 2.28. The monoisotopic (exact) mass is 280 g/mol. The summed E-state index contributed by atoms with van der Waals surface area (Å²) in [6, 6.07) is 10.3. The van der Waals surface area contributed by atoms with Gasteiger partial charge in [0.2, 0.25) is 0 Å². The van der Waals surface area contributed by atoms with Gasteiger partial charge >= 0.3 is 0 Å². The first-order chi connectivity index (χ1) is 10.1. The fraction of sp³-hybridized carbons (Fsp3) is 0.294. The van der Waals surface area contributed by atoms with Gasteiger partial charge in [0.05, 0.1) is 11.2 Å². The Hall–Kier alpha value is -2.20. The molecule has 0 saturated heterocycles. The van der Waals surface area contributed by atoms with Gasteiger partial charge in [0.1, 0.15) is 0 Å². The van der Waals surface area contributed by atoms with Crippen molar-refractivity contribution in [3.8, 4) is 5.82 Å². The highest BCUT2D eigenvalue weighted by atomic mass is 15.3. The summed E-state index contributed by atoms with van der Waals surface area (Å²) in [5, 5.41) is 5.78. The topological polar surface area (TPSA) is 56.7 Å². The van der Waals surface area contributed by atoms with Gasteiger partial charge in [0.15, 0.2) is 5.82 Å². The number of benzene rings is 1. The normalized spacial score (nSPS) is 11.2. The molecule has 3 rings (SSSR count). The molecule has 0 aliphatic heterocycles. The number of aryl methyl sites for hydroxylation is 1. The van der Waals surface area contributed by atoms with Gasteiger partial charge in [-0.05, 0) is 57.0 Å². The lowest BCUT2D eigenvalue weighted by molar-refractivity contribution is 0.790. The SMILES string of the molecule is Cc1nn(-c2nc3ccccc3cc2CCN)c(C)c1C. The van der Waals surface area contributed by atoms with E-state index in [1.807, 2.05) is 29.8 Å². The molecule has 0 fully saturated rings. The van der Waals surface area contributed by atoms with Crippen molar-refractivity contribution < 1.29 is 0 Å². The molecule has 21 heavy (non-hydrogen) atoms. The summed E-state index contributed by atoms with van der Waals surface area (Å²) in [6.45, 7) is 6.81. The molecule has 2 aromatic heterocycles. The van der Waals surface area contributed by atoms with Crippen LogP contribution in [0.2, 0.25) is 0 Å².